The molecule has 1 aromatic carbocycles. The molecule has 2 aromatic rings. The minimum absolute atomic E-state index is 0.0398. The highest BCUT2D eigenvalue weighted by Gasteiger charge is 2.08. The number of hydrogen-bond acceptors (Lipinski definition) is 4. The fourth-order valence-electron chi connectivity index (χ4n) is 1.44. The number of thiophene rings is 1. The van der Waals surface area contributed by atoms with Crippen LogP contribution in [0.25, 0.3) is 0 Å². The van der Waals surface area contributed by atoms with Crippen LogP contribution < -0.4 is 10.5 Å². The molecule has 0 aliphatic carbocycles. The highest BCUT2D eigenvalue weighted by molar-refractivity contribution is 9.10. The van der Waals surface area contributed by atoms with Crippen molar-refractivity contribution in [3.8, 4) is 5.75 Å². The van der Waals surface area contributed by atoms with E-state index in [1.807, 2.05) is 23.6 Å². The van der Waals surface area contributed by atoms with E-state index < -0.39 is 0 Å². The van der Waals surface area contributed by atoms with E-state index in [2.05, 4.69) is 21.1 Å². The molecule has 0 radical (unpaired) electrons. The summed E-state index contributed by atoms with van der Waals surface area (Å²) >= 11 is 5.00. The Kier molecular flexibility index (Phi) is 4.22. The number of nitrogens with two attached hydrogens (primary N) is 1. The maximum atomic E-state index is 8.70. The number of benzene rings is 1. The summed E-state index contributed by atoms with van der Waals surface area (Å²) in [6, 6.07) is 9.18. The molecule has 0 spiro atoms. The standard InChI is InChI=1S/C12H11BrN2O2S/c13-8-5-9(18-7-8)6-17-11-4-2-1-3-10(11)12(14)15-16/h1-5,7,16H,6H2,(H2,14,15). The molecule has 1 aromatic heterocycles. The van der Waals surface area contributed by atoms with E-state index in [9.17, 15) is 0 Å². The molecule has 0 aliphatic heterocycles. The van der Waals surface area contributed by atoms with Crippen molar-refractivity contribution in [1.29, 1.82) is 0 Å². The quantitative estimate of drug-likeness (QED) is 0.392. The predicted molar refractivity (Wildman–Crippen MR) is 75.3 cm³/mol. The van der Waals surface area contributed by atoms with E-state index in [0.717, 1.165) is 9.35 Å². The zero-order chi connectivity index (χ0) is 13.0. The lowest BCUT2D eigenvalue weighted by molar-refractivity contribution is 0.306. The van der Waals surface area contributed by atoms with Crippen LogP contribution in [-0.2, 0) is 6.61 Å². The van der Waals surface area contributed by atoms with Crippen LogP contribution in [0.4, 0.5) is 0 Å². The molecule has 0 atom stereocenters. The number of nitrogens with zero attached hydrogens (tertiary/aromatic N) is 1. The zero-order valence-corrected chi connectivity index (χ0v) is 11.7. The average Bonchev–Trinajstić information content (AvgIpc) is 2.81. The van der Waals surface area contributed by atoms with Crippen molar-refractivity contribution in [1.82, 2.24) is 0 Å². The van der Waals surface area contributed by atoms with Gasteiger partial charge in [-0.3, -0.25) is 0 Å². The van der Waals surface area contributed by atoms with Gasteiger partial charge in [0.05, 0.1) is 5.56 Å². The maximum Gasteiger partial charge on any atom is 0.173 e. The van der Waals surface area contributed by atoms with Crippen LogP contribution in [0, 0.1) is 0 Å². The van der Waals surface area contributed by atoms with Crippen molar-refractivity contribution in [2.45, 2.75) is 6.61 Å². The molecule has 1 heterocycles. The Hall–Kier alpha value is -1.53. The maximum absolute atomic E-state index is 8.70. The third-order valence-electron chi connectivity index (χ3n) is 2.26. The van der Waals surface area contributed by atoms with Gasteiger partial charge in [0.25, 0.3) is 0 Å². The molecule has 2 rings (SSSR count). The Labute approximate surface area is 117 Å². The lowest BCUT2D eigenvalue weighted by Crippen LogP contribution is -2.14. The van der Waals surface area contributed by atoms with Crippen molar-refractivity contribution in [2.24, 2.45) is 10.9 Å². The molecule has 3 N–H and O–H groups in total. The van der Waals surface area contributed by atoms with Gasteiger partial charge < -0.3 is 15.7 Å². The van der Waals surface area contributed by atoms with Crippen molar-refractivity contribution in [3.05, 3.63) is 50.6 Å². The lowest BCUT2D eigenvalue weighted by atomic mass is 10.2. The Morgan fingerprint density at radius 1 is 1.44 bits per heavy atom. The Bertz CT molecular complexity index is 569. The van der Waals surface area contributed by atoms with Crippen LogP contribution in [0.3, 0.4) is 0 Å². The van der Waals surface area contributed by atoms with E-state index in [-0.39, 0.29) is 5.84 Å². The van der Waals surface area contributed by atoms with Crippen LogP contribution in [-0.4, -0.2) is 11.0 Å². The summed E-state index contributed by atoms with van der Waals surface area (Å²) in [4.78, 5) is 1.09. The number of hydrogen-bond donors (Lipinski definition) is 2. The van der Waals surface area contributed by atoms with E-state index >= 15 is 0 Å². The number of amidine groups is 1. The summed E-state index contributed by atoms with van der Waals surface area (Å²) in [7, 11) is 0. The third-order valence-corrected chi connectivity index (χ3v) is 3.93. The van der Waals surface area contributed by atoms with E-state index in [1.54, 1.807) is 23.5 Å². The molecule has 0 bridgehead atoms. The van der Waals surface area contributed by atoms with Gasteiger partial charge >= 0.3 is 0 Å². The third kappa shape index (κ3) is 3.02. The number of para-hydroxylation sites is 1. The van der Waals surface area contributed by atoms with Crippen LogP contribution in [0.5, 0.6) is 5.75 Å². The van der Waals surface area contributed by atoms with Gasteiger partial charge in [-0.2, -0.15) is 0 Å². The van der Waals surface area contributed by atoms with Gasteiger partial charge in [0, 0.05) is 14.7 Å². The zero-order valence-electron chi connectivity index (χ0n) is 9.34. The molecule has 6 heteroatoms. The fourth-order valence-corrected chi connectivity index (χ4v) is 2.80. The van der Waals surface area contributed by atoms with E-state index in [0.29, 0.717) is 17.9 Å². The highest BCUT2D eigenvalue weighted by atomic mass is 79.9. The van der Waals surface area contributed by atoms with Crippen LogP contribution in [0.2, 0.25) is 0 Å². The van der Waals surface area contributed by atoms with E-state index in [4.69, 9.17) is 15.7 Å². The molecular weight excluding hydrogens is 316 g/mol. The summed E-state index contributed by atoms with van der Waals surface area (Å²) < 4.78 is 6.71. The number of rotatable bonds is 4. The van der Waals surface area contributed by atoms with Gasteiger partial charge in [0.1, 0.15) is 12.4 Å². The Morgan fingerprint density at radius 2 is 2.22 bits per heavy atom. The molecule has 0 unspecified atom stereocenters. The summed E-state index contributed by atoms with van der Waals surface area (Å²) in [5.41, 5.74) is 6.16. The SMILES string of the molecule is NC(=NO)c1ccccc1OCc1cc(Br)cs1. The fraction of sp³-hybridized carbons (Fsp3) is 0.0833. The minimum Gasteiger partial charge on any atom is -0.487 e. The van der Waals surface area contributed by atoms with Crippen LogP contribution in [0.1, 0.15) is 10.4 Å². The Balaban J connectivity index is 2.14. The number of ether oxygens (including phenoxy) is 1. The van der Waals surface area contributed by atoms with Crippen LogP contribution in [0.15, 0.2) is 45.3 Å². The second-order valence-electron chi connectivity index (χ2n) is 3.50. The first-order valence-corrected chi connectivity index (χ1v) is 6.80. The predicted octanol–water partition coefficient (Wildman–Crippen LogP) is 3.18. The van der Waals surface area contributed by atoms with Crippen molar-refractivity contribution in [2.75, 3.05) is 0 Å². The van der Waals surface area contributed by atoms with Gasteiger partial charge in [0.2, 0.25) is 0 Å². The topological polar surface area (TPSA) is 67.8 Å². The molecule has 0 saturated carbocycles. The number of oxime groups is 1. The lowest BCUT2D eigenvalue weighted by Gasteiger charge is -2.09. The monoisotopic (exact) mass is 326 g/mol. The molecule has 18 heavy (non-hydrogen) atoms. The molecule has 4 nitrogen and oxygen atoms in total. The minimum atomic E-state index is 0.0398. The highest BCUT2D eigenvalue weighted by Crippen LogP contribution is 2.23. The van der Waals surface area contributed by atoms with Crippen LogP contribution >= 0.6 is 27.3 Å². The average molecular weight is 327 g/mol. The van der Waals surface area contributed by atoms with Crippen molar-refractivity contribution < 1.29 is 9.94 Å². The summed E-state index contributed by atoms with van der Waals surface area (Å²) in [5.74, 6) is 0.635. The molecule has 0 saturated heterocycles. The summed E-state index contributed by atoms with van der Waals surface area (Å²) in [6.45, 7) is 0.450. The Morgan fingerprint density at radius 3 is 2.89 bits per heavy atom. The summed E-state index contributed by atoms with van der Waals surface area (Å²) in [5, 5.41) is 13.7. The molecule has 0 fully saturated rings. The van der Waals surface area contributed by atoms with Gasteiger partial charge in [-0.1, -0.05) is 17.3 Å². The second-order valence-corrected chi connectivity index (χ2v) is 5.41. The second kappa shape index (κ2) is 5.88. The smallest absolute Gasteiger partial charge is 0.173 e. The van der Waals surface area contributed by atoms with Crippen molar-refractivity contribution in [3.63, 3.8) is 0 Å². The van der Waals surface area contributed by atoms with Gasteiger partial charge in [0.15, 0.2) is 5.84 Å². The molecule has 0 aliphatic rings. The van der Waals surface area contributed by atoms with Gasteiger partial charge in [-0.15, -0.1) is 11.3 Å². The normalized spacial score (nSPS) is 11.5. The van der Waals surface area contributed by atoms with Crippen molar-refractivity contribution >= 4 is 33.1 Å². The first-order chi connectivity index (χ1) is 8.70. The summed E-state index contributed by atoms with van der Waals surface area (Å²) in [6.07, 6.45) is 0. The molecule has 94 valence electrons. The number of halogens is 1. The van der Waals surface area contributed by atoms with Gasteiger partial charge in [-0.05, 0) is 34.1 Å². The largest absolute Gasteiger partial charge is 0.487 e. The molecule has 0 amide bonds. The molecular formula is C12H11BrN2O2S. The van der Waals surface area contributed by atoms with E-state index in [1.165, 1.54) is 0 Å². The first kappa shape index (κ1) is 12.9. The van der Waals surface area contributed by atoms with Gasteiger partial charge in [-0.25, -0.2) is 0 Å². The first-order valence-electron chi connectivity index (χ1n) is 5.13.